The Morgan fingerprint density at radius 2 is 2.00 bits per heavy atom. The van der Waals surface area contributed by atoms with Gasteiger partial charge in [0, 0.05) is 9.72 Å². The second-order valence-corrected chi connectivity index (χ2v) is 7.36. The summed E-state index contributed by atoms with van der Waals surface area (Å²) in [6, 6.07) is 16.2. The van der Waals surface area contributed by atoms with Crippen molar-refractivity contribution >= 4 is 39.3 Å². The van der Waals surface area contributed by atoms with E-state index in [0.717, 1.165) is 10.9 Å². The second kappa shape index (κ2) is 10.3. The molecule has 0 fully saturated rings. The molecule has 5 heteroatoms. The van der Waals surface area contributed by atoms with Crippen LogP contribution in [-0.2, 0) is 26.2 Å². The summed E-state index contributed by atoms with van der Waals surface area (Å²) in [5.41, 5.74) is 2.73. The van der Waals surface area contributed by atoms with Crippen molar-refractivity contribution in [1.82, 2.24) is 0 Å². The zero-order valence-corrected chi connectivity index (χ0v) is 19.5. The Labute approximate surface area is 192 Å². The van der Waals surface area contributed by atoms with Crippen LogP contribution in [0.5, 0.6) is 0 Å². The minimum atomic E-state index is 0. The van der Waals surface area contributed by atoms with Gasteiger partial charge in [-0.2, -0.15) is 17.8 Å². The van der Waals surface area contributed by atoms with E-state index < -0.39 is 0 Å². The standard InChI is InChI=1S/C15H8BrS.C5H5.2ClH.Zr/c16-10-5-6-11-9(7-10)8-14-15(11)12-3-1-2-4-13(12)17-14;1-2-4-5-3-1;;;/h1-2,4-8,14H;1-3H,4H2;2*1H;/q2*-1;;;+4/p-2. The van der Waals surface area contributed by atoms with Gasteiger partial charge < -0.3 is 24.8 Å². The van der Waals surface area contributed by atoms with Gasteiger partial charge in [0.15, 0.2) is 0 Å². The van der Waals surface area contributed by atoms with Crippen LogP contribution in [0.4, 0.5) is 0 Å². The number of allylic oxidation sites excluding steroid dienone is 4. The molecule has 3 aliphatic rings. The van der Waals surface area contributed by atoms with Crippen molar-refractivity contribution in [3.05, 3.63) is 87.2 Å². The molecule has 0 spiro atoms. The van der Waals surface area contributed by atoms with Gasteiger partial charge in [0.1, 0.15) is 0 Å². The average molecular weight is 527 g/mol. The molecule has 1 atom stereocenters. The van der Waals surface area contributed by atoms with Crippen molar-refractivity contribution in [3.63, 3.8) is 0 Å². The second-order valence-electron chi connectivity index (χ2n) is 5.26. The van der Waals surface area contributed by atoms with Crippen LogP contribution < -0.4 is 35.3 Å². The monoisotopic (exact) mass is 524 g/mol. The van der Waals surface area contributed by atoms with E-state index in [1.165, 1.54) is 26.5 Å². The number of fused-ring (bicyclic) bond motifs is 4. The molecule has 25 heavy (non-hydrogen) atoms. The Balaban J connectivity index is 0.000000344. The van der Waals surface area contributed by atoms with Gasteiger partial charge >= 0.3 is 26.2 Å². The first-order valence-corrected chi connectivity index (χ1v) is 8.91. The van der Waals surface area contributed by atoms with Crippen LogP contribution in [-0.4, -0.2) is 5.25 Å². The van der Waals surface area contributed by atoms with Crippen molar-refractivity contribution in [3.8, 4) is 0 Å². The fourth-order valence-corrected chi connectivity index (χ4v) is 4.57. The Morgan fingerprint density at radius 1 is 1.16 bits per heavy atom. The van der Waals surface area contributed by atoms with Crippen molar-refractivity contribution in [2.45, 2.75) is 16.6 Å². The topological polar surface area (TPSA) is 0 Å². The molecule has 0 saturated carbocycles. The number of thioether (sulfide) groups is 1. The summed E-state index contributed by atoms with van der Waals surface area (Å²) in [5.74, 6) is 0. The number of rotatable bonds is 0. The SMILES string of the molecule is Brc1ccc2c(c1)=CC1Sc3ccc[c-]c3C=21.[C-]1=CC=CC1.[Cl-].[Cl-].[Zr+4]. The first-order valence-electron chi connectivity index (χ1n) is 7.24. The molecule has 0 N–H and O–H groups in total. The van der Waals surface area contributed by atoms with Crippen LogP contribution in [0.25, 0.3) is 11.6 Å². The van der Waals surface area contributed by atoms with Gasteiger partial charge in [-0.05, 0) is 17.4 Å². The molecule has 0 bridgehead atoms. The summed E-state index contributed by atoms with van der Waals surface area (Å²) in [6.07, 6.45) is 12.4. The number of benzene rings is 2. The Bertz CT molecular complexity index is 912. The van der Waals surface area contributed by atoms with Crippen LogP contribution in [0.2, 0.25) is 0 Å². The molecular formula is C20H13BrCl2SZr. The number of hydrogen-bond donors (Lipinski definition) is 0. The van der Waals surface area contributed by atoms with E-state index in [0.29, 0.717) is 5.25 Å². The maximum absolute atomic E-state index is 3.53. The van der Waals surface area contributed by atoms with Gasteiger partial charge in [0.25, 0.3) is 0 Å². The van der Waals surface area contributed by atoms with Gasteiger partial charge in [-0.1, -0.05) is 43.8 Å². The van der Waals surface area contributed by atoms with Gasteiger partial charge in [0.2, 0.25) is 0 Å². The fourth-order valence-electron chi connectivity index (χ4n) is 2.89. The largest absolute Gasteiger partial charge is 4.00 e. The van der Waals surface area contributed by atoms with Gasteiger partial charge in [0.05, 0.1) is 0 Å². The van der Waals surface area contributed by atoms with Gasteiger partial charge in [-0.15, -0.1) is 36.2 Å². The van der Waals surface area contributed by atoms with E-state index in [1.807, 2.05) is 30.0 Å². The maximum atomic E-state index is 3.53. The summed E-state index contributed by atoms with van der Waals surface area (Å²) in [5, 5.41) is 3.19. The van der Waals surface area contributed by atoms with Crippen LogP contribution in [0.15, 0.2) is 64.0 Å². The zero-order chi connectivity index (χ0) is 14.9. The minimum Gasteiger partial charge on any atom is -1.00 e. The van der Waals surface area contributed by atoms with E-state index in [1.54, 1.807) is 0 Å². The molecule has 1 aliphatic heterocycles. The van der Waals surface area contributed by atoms with E-state index in [2.05, 4.69) is 70.6 Å². The Kier molecular flexibility index (Phi) is 9.50. The van der Waals surface area contributed by atoms with Crippen LogP contribution >= 0.6 is 27.7 Å². The average Bonchev–Trinajstić information content (AvgIpc) is 3.24. The number of hydrogen-bond acceptors (Lipinski definition) is 1. The van der Waals surface area contributed by atoms with Crippen molar-refractivity contribution in [2.24, 2.45) is 0 Å². The van der Waals surface area contributed by atoms with E-state index in [4.69, 9.17) is 0 Å². The molecule has 0 saturated heterocycles. The molecule has 0 nitrogen and oxygen atoms in total. The Hall–Kier alpha value is -0.0469. The molecule has 5 rings (SSSR count). The van der Waals surface area contributed by atoms with Crippen LogP contribution in [0.3, 0.4) is 0 Å². The Morgan fingerprint density at radius 3 is 2.68 bits per heavy atom. The third-order valence-corrected chi connectivity index (χ3v) is 5.56. The van der Waals surface area contributed by atoms with Crippen LogP contribution in [0, 0.1) is 12.1 Å². The van der Waals surface area contributed by atoms with E-state index in [-0.39, 0.29) is 51.0 Å². The molecular weight excluding hydrogens is 514 g/mol. The summed E-state index contributed by atoms with van der Waals surface area (Å²) in [4.78, 5) is 1.36. The minimum absolute atomic E-state index is 0. The molecule has 0 amide bonds. The van der Waals surface area contributed by atoms with Crippen molar-refractivity contribution < 1.29 is 51.0 Å². The fraction of sp³-hybridized carbons (Fsp3) is 0.100. The quantitative estimate of drug-likeness (QED) is 0.359. The summed E-state index contributed by atoms with van der Waals surface area (Å²) in [7, 11) is 0. The predicted octanol–water partition coefficient (Wildman–Crippen LogP) is -1.97. The molecule has 2 aromatic carbocycles. The number of halogens is 3. The third-order valence-electron chi connectivity index (χ3n) is 3.85. The summed E-state index contributed by atoms with van der Waals surface area (Å²) < 4.78 is 1.15. The van der Waals surface area contributed by atoms with Gasteiger partial charge in [-0.3, -0.25) is 6.08 Å². The van der Waals surface area contributed by atoms with Crippen LogP contribution in [0.1, 0.15) is 12.0 Å². The molecule has 0 radical (unpaired) electrons. The van der Waals surface area contributed by atoms with Crippen molar-refractivity contribution in [2.75, 3.05) is 0 Å². The van der Waals surface area contributed by atoms with E-state index in [9.17, 15) is 0 Å². The molecule has 1 unspecified atom stereocenters. The smallest absolute Gasteiger partial charge is 1.00 e. The van der Waals surface area contributed by atoms with Gasteiger partial charge in [-0.25, -0.2) is 12.2 Å². The zero-order valence-electron chi connectivity index (χ0n) is 13.1. The normalized spacial score (nSPS) is 16.8. The predicted molar refractivity (Wildman–Crippen MR) is 96.9 cm³/mol. The third kappa shape index (κ3) is 4.82. The maximum Gasteiger partial charge on any atom is 4.00 e. The molecule has 2 aliphatic carbocycles. The summed E-state index contributed by atoms with van der Waals surface area (Å²) in [6.45, 7) is 0. The first-order chi connectivity index (χ1) is 10.8. The van der Waals surface area contributed by atoms with Crippen molar-refractivity contribution in [1.29, 1.82) is 0 Å². The first kappa shape index (κ1) is 23.0. The molecule has 0 aromatic heterocycles. The van der Waals surface area contributed by atoms with E-state index >= 15 is 0 Å². The molecule has 2 aromatic rings. The molecule has 1 heterocycles. The molecule has 124 valence electrons. The summed E-state index contributed by atoms with van der Waals surface area (Å²) >= 11 is 5.46.